The maximum absolute atomic E-state index is 15.3. The molecule has 0 saturated carbocycles. The second-order valence-corrected chi connectivity index (χ2v) is 9.70. The van der Waals surface area contributed by atoms with Crippen molar-refractivity contribution in [1.82, 2.24) is 24.9 Å². The van der Waals surface area contributed by atoms with E-state index in [2.05, 4.69) is 36.0 Å². The van der Waals surface area contributed by atoms with Gasteiger partial charge in [-0.3, -0.25) is 9.59 Å². The first-order chi connectivity index (χ1) is 19.9. The average molecular weight is 549 g/mol. The Morgan fingerprint density at radius 3 is 2.56 bits per heavy atom. The van der Waals surface area contributed by atoms with Gasteiger partial charge in [-0.1, -0.05) is 48.5 Å². The number of pyridine rings is 1. The van der Waals surface area contributed by atoms with Crippen molar-refractivity contribution in [1.29, 1.82) is 0 Å². The number of hydrogen-bond acceptors (Lipinski definition) is 7. The highest BCUT2D eigenvalue weighted by Gasteiger charge is 2.31. The molecule has 11 heteroatoms. The first-order valence-electron chi connectivity index (χ1n) is 13.0. The highest BCUT2D eigenvalue weighted by atomic mass is 19.1. The van der Waals surface area contributed by atoms with Crippen LogP contribution in [-0.2, 0) is 4.79 Å². The molecule has 3 aromatic heterocycles. The summed E-state index contributed by atoms with van der Waals surface area (Å²) in [4.78, 5) is 40.2. The zero-order chi connectivity index (χ0) is 28.5. The number of carbonyl (C=O) groups is 2. The summed E-state index contributed by atoms with van der Waals surface area (Å²) >= 11 is 0. The predicted octanol–water partition coefficient (Wildman–Crippen LogP) is 4.30. The van der Waals surface area contributed by atoms with Crippen molar-refractivity contribution in [2.24, 2.45) is 4.99 Å². The molecule has 2 aromatic carbocycles. The first-order valence-corrected chi connectivity index (χ1v) is 13.0. The van der Waals surface area contributed by atoms with Crippen molar-refractivity contribution in [2.45, 2.75) is 26.1 Å². The van der Waals surface area contributed by atoms with Crippen molar-refractivity contribution >= 4 is 34.7 Å². The summed E-state index contributed by atoms with van der Waals surface area (Å²) in [5.41, 5.74) is 2.82. The Hall–Kier alpha value is -5.45. The van der Waals surface area contributed by atoms with Crippen molar-refractivity contribution in [2.75, 3.05) is 10.6 Å². The fourth-order valence-electron chi connectivity index (χ4n) is 4.65. The number of halogens is 1. The van der Waals surface area contributed by atoms with Gasteiger partial charge in [-0.15, -0.1) is 0 Å². The van der Waals surface area contributed by atoms with E-state index in [9.17, 15) is 9.59 Å². The van der Waals surface area contributed by atoms with Crippen LogP contribution in [0.3, 0.4) is 0 Å². The van der Waals surface area contributed by atoms with E-state index < -0.39 is 23.9 Å². The summed E-state index contributed by atoms with van der Waals surface area (Å²) in [5, 5.41) is 13.1. The van der Waals surface area contributed by atoms with Gasteiger partial charge in [0.15, 0.2) is 5.65 Å². The van der Waals surface area contributed by atoms with Crippen molar-refractivity contribution < 1.29 is 14.0 Å². The Kier molecular flexibility index (Phi) is 6.68. The number of rotatable bonds is 6. The zero-order valence-corrected chi connectivity index (χ0v) is 22.2. The van der Waals surface area contributed by atoms with Gasteiger partial charge in [0.25, 0.3) is 11.8 Å². The minimum atomic E-state index is -1.29. The van der Waals surface area contributed by atoms with E-state index in [0.29, 0.717) is 22.8 Å². The number of nitrogens with one attached hydrogen (secondary N) is 3. The molecule has 5 aromatic rings. The van der Waals surface area contributed by atoms with Gasteiger partial charge in [-0.05, 0) is 38.1 Å². The summed E-state index contributed by atoms with van der Waals surface area (Å²) in [6.45, 7) is 3.83. The lowest BCUT2D eigenvalue weighted by atomic mass is 10.0. The van der Waals surface area contributed by atoms with E-state index in [1.165, 1.54) is 16.8 Å². The fraction of sp³-hybridized carbons (Fsp3) is 0.133. The van der Waals surface area contributed by atoms with Crippen molar-refractivity contribution in [3.05, 3.63) is 108 Å². The quantitative estimate of drug-likeness (QED) is 0.272. The molecule has 3 N–H and O–H groups in total. The summed E-state index contributed by atoms with van der Waals surface area (Å²) in [6, 6.07) is 21.5. The lowest BCUT2D eigenvalue weighted by Crippen LogP contribution is -2.42. The zero-order valence-electron chi connectivity index (χ0n) is 22.2. The SMILES string of the molecule is CC(C)Nc1ccc(-c2nn3cccnc3c2C(=O)N[C@H]2N=C(c3ccccc3)c3ccccc3NC2=O)c(F)n1. The Balaban J connectivity index is 1.42. The standard InChI is InChI=1S/C30H25FN8O2/c1-17(2)33-22-14-13-20(26(31)35-22)25-23(28-32-15-8-16-39(28)38-25)29(40)37-27-30(41)34-21-12-7-6-11-19(21)24(36-27)18-9-4-3-5-10-18/h3-17,27H,1-2H3,(H,33,35)(H,34,41)(H,37,40)/t27-/m1/s1. The molecule has 41 heavy (non-hydrogen) atoms. The summed E-state index contributed by atoms with van der Waals surface area (Å²) in [7, 11) is 0. The third kappa shape index (κ3) is 5.00. The van der Waals surface area contributed by atoms with Gasteiger partial charge in [0.05, 0.1) is 17.0 Å². The molecular formula is C30H25FN8O2. The van der Waals surface area contributed by atoms with Crippen molar-refractivity contribution in [3.63, 3.8) is 0 Å². The highest BCUT2D eigenvalue weighted by molar-refractivity contribution is 6.20. The minimum absolute atomic E-state index is 0.0121. The summed E-state index contributed by atoms with van der Waals surface area (Å²) in [5.74, 6) is -1.67. The number of aromatic nitrogens is 4. The number of aliphatic imine (C=N–C) groups is 1. The Bertz CT molecular complexity index is 1820. The van der Waals surface area contributed by atoms with E-state index in [1.54, 1.807) is 24.4 Å². The minimum Gasteiger partial charge on any atom is -0.368 e. The molecule has 0 radical (unpaired) electrons. The monoisotopic (exact) mass is 548 g/mol. The Labute approximate surface area is 234 Å². The van der Waals surface area contributed by atoms with Crippen LogP contribution in [0, 0.1) is 5.95 Å². The predicted molar refractivity (Wildman–Crippen MR) is 153 cm³/mol. The first kappa shape index (κ1) is 25.8. The van der Waals surface area contributed by atoms with Crippen LogP contribution in [0.15, 0.2) is 90.2 Å². The van der Waals surface area contributed by atoms with Crippen LogP contribution < -0.4 is 16.0 Å². The number of fused-ring (bicyclic) bond motifs is 2. The molecule has 204 valence electrons. The van der Waals surface area contributed by atoms with Gasteiger partial charge in [0.1, 0.15) is 17.1 Å². The third-order valence-electron chi connectivity index (χ3n) is 6.42. The molecule has 1 atom stereocenters. The molecule has 0 saturated heterocycles. The van der Waals surface area contributed by atoms with Gasteiger partial charge in [0, 0.05) is 29.6 Å². The molecule has 1 aliphatic rings. The van der Waals surface area contributed by atoms with Crippen LogP contribution >= 0.6 is 0 Å². The number of nitrogens with zero attached hydrogens (tertiary/aromatic N) is 5. The lowest BCUT2D eigenvalue weighted by molar-refractivity contribution is -0.117. The van der Waals surface area contributed by atoms with E-state index >= 15 is 4.39 Å². The van der Waals surface area contributed by atoms with Crippen molar-refractivity contribution in [3.8, 4) is 11.3 Å². The maximum atomic E-state index is 15.3. The van der Waals surface area contributed by atoms with E-state index in [-0.39, 0.29) is 28.5 Å². The van der Waals surface area contributed by atoms with E-state index in [0.717, 1.165) is 5.56 Å². The molecular weight excluding hydrogens is 523 g/mol. The smallest absolute Gasteiger partial charge is 0.269 e. The average Bonchev–Trinajstić information content (AvgIpc) is 3.28. The Morgan fingerprint density at radius 1 is 1.00 bits per heavy atom. The Morgan fingerprint density at radius 2 is 1.78 bits per heavy atom. The van der Waals surface area contributed by atoms with E-state index in [4.69, 9.17) is 0 Å². The number of benzodiazepines with no additional fused rings is 1. The van der Waals surface area contributed by atoms with Crippen LogP contribution in [0.1, 0.15) is 35.3 Å². The molecule has 1 aliphatic heterocycles. The molecule has 6 rings (SSSR count). The molecule has 0 bridgehead atoms. The number of anilines is 2. The molecule has 0 aliphatic carbocycles. The molecule has 0 fully saturated rings. The fourth-order valence-corrected chi connectivity index (χ4v) is 4.65. The van der Waals surface area contributed by atoms with Crippen LogP contribution in [0.4, 0.5) is 15.9 Å². The molecule has 0 spiro atoms. The highest BCUT2D eigenvalue weighted by Crippen LogP contribution is 2.29. The number of carbonyl (C=O) groups excluding carboxylic acids is 2. The van der Waals surface area contributed by atoms with Crippen LogP contribution in [-0.4, -0.2) is 49.3 Å². The second kappa shape index (κ2) is 10.6. The van der Waals surface area contributed by atoms with Crippen LogP contribution in [0.2, 0.25) is 0 Å². The van der Waals surface area contributed by atoms with Crippen LogP contribution in [0.25, 0.3) is 16.9 Å². The van der Waals surface area contributed by atoms with E-state index in [1.807, 2.05) is 62.4 Å². The molecule has 4 heterocycles. The van der Waals surface area contributed by atoms with Gasteiger partial charge in [-0.2, -0.15) is 9.49 Å². The molecule has 2 amide bonds. The summed E-state index contributed by atoms with van der Waals surface area (Å²) in [6.07, 6.45) is 1.81. The normalized spacial score (nSPS) is 14.7. The lowest BCUT2D eigenvalue weighted by Gasteiger charge is -2.14. The van der Waals surface area contributed by atoms with Gasteiger partial charge in [-0.25, -0.2) is 19.5 Å². The topological polar surface area (TPSA) is 126 Å². The van der Waals surface area contributed by atoms with Gasteiger partial charge < -0.3 is 16.0 Å². The second-order valence-electron chi connectivity index (χ2n) is 9.70. The van der Waals surface area contributed by atoms with Gasteiger partial charge >= 0.3 is 0 Å². The third-order valence-corrected chi connectivity index (χ3v) is 6.42. The molecule has 10 nitrogen and oxygen atoms in total. The maximum Gasteiger partial charge on any atom is 0.269 e. The van der Waals surface area contributed by atoms with Gasteiger partial charge in [0.2, 0.25) is 12.1 Å². The number of hydrogen-bond donors (Lipinski definition) is 3. The number of para-hydroxylation sites is 1. The van der Waals surface area contributed by atoms with Crippen LogP contribution in [0.5, 0.6) is 0 Å². The largest absolute Gasteiger partial charge is 0.368 e. The summed E-state index contributed by atoms with van der Waals surface area (Å²) < 4.78 is 16.7. The number of amides is 2. The molecule has 0 unspecified atom stereocenters. The number of benzene rings is 2.